The first-order valence-electron chi connectivity index (χ1n) is 8.33. The number of carbonyl (C=O) groups is 1. The third-order valence-electron chi connectivity index (χ3n) is 4.43. The van der Waals surface area contributed by atoms with Gasteiger partial charge in [-0.2, -0.15) is 4.98 Å². The van der Waals surface area contributed by atoms with Gasteiger partial charge in [0.25, 0.3) is 5.89 Å². The van der Waals surface area contributed by atoms with E-state index in [1.165, 1.54) is 13.2 Å². The smallest absolute Gasteiger partial charge is 0.325 e. The van der Waals surface area contributed by atoms with Gasteiger partial charge in [-0.05, 0) is 25.1 Å². The topological polar surface area (TPSA) is 93.2 Å². The van der Waals surface area contributed by atoms with Crippen LogP contribution in [0, 0.1) is 6.92 Å². The van der Waals surface area contributed by atoms with E-state index in [1.54, 1.807) is 19.1 Å². The number of hydrogen-bond acceptors (Lipinski definition) is 6. The number of benzene rings is 2. The number of ether oxygens (including phenoxy) is 1. The standard InChI is InChI=1S/C20H17N3O4/c1-12-10-13(6-7-17(12)24)20-21-19(22-27-20)15-4-3-5-16-14(15)8-9-23(16)11-18(25)26-2/h3-10,24H,11H2,1-2H3/p-1. The van der Waals surface area contributed by atoms with Gasteiger partial charge in [0.1, 0.15) is 6.54 Å². The van der Waals surface area contributed by atoms with Crippen molar-refractivity contribution < 1.29 is 19.2 Å². The number of hydrogen-bond donors (Lipinski definition) is 0. The second-order valence-corrected chi connectivity index (χ2v) is 6.16. The molecule has 0 saturated carbocycles. The van der Waals surface area contributed by atoms with Crippen LogP contribution in [-0.2, 0) is 16.1 Å². The van der Waals surface area contributed by atoms with Gasteiger partial charge in [0.05, 0.1) is 7.11 Å². The van der Waals surface area contributed by atoms with E-state index in [0.717, 1.165) is 16.5 Å². The summed E-state index contributed by atoms with van der Waals surface area (Å²) in [7, 11) is 1.36. The van der Waals surface area contributed by atoms with Gasteiger partial charge in [0.15, 0.2) is 0 Å². The maximum Gasteiger partial charge on any atom is 0.325 e. The third-order valence-corrected chi connectivity index (χ3v) is 4.43. The molecule has 0 aliphatic rings. The van der Waals surface area contributed by atoms with Crippen molar-refractivity contribution in [3.63, 3.8) is 0 Å². The summed E-state index contributed by atoms with van der Waals surface area (Å²) in [5.74, 6) is 0.432. The van der Waals surface area contributed by atoms with Gasteiger partial charge in [0.2, 0.25) is 5.82 Å². The number of fused-ring (bicyclic) bond motifs is 1. The summed E-state index contributed by atoms with van der Waals surface area (Å²) in [6, 6.07) is 12.5. The van der Waals surface area contributed by atoms with Crippen molar-refractivity contribution in [2.24, 2.45) is 0 Å². The molecule has 0 amide bonds. The molecule has 2 aromatic heterocycles. The number of rotatable bonds is 4. The molecule has 0 spiro atoms. The van der Waals surface area contributed by atoms with E-state index in [1.807, 2.05) is 35.0 Å². The van der Waals surface area contributed by atoms with Crippen LogP contribution >= 0.6 is 0 Å². The second kappa shape index (κ2) is 6.60. The molecular weight excluding hydrogens is 346 g/mol. The molecule has 0 radical (unpaired) electrons. The first kappa shape index (κ1) is 16.8. The fourth-order valence-electron chi connectivity index (χ4n) is 2.99. The third kappa shape index (κ3) is 3.03. The number of nitrogens with zero attached hydrogens (tertiary/aromatic N) is 3. The summed E-state index contributed by atoms with van der Waals surface area (Å²) in [6.45, 7) is 1.87. The Morgan fingerprint density at radius 2 is 2.11 bits per heavy atom. The van der Waals surface area contributed by atoms with Gasteiger partial charge in [0, 0.05) is 28.2 Å². The molecule has 136 valence electrons. The summed E-state index contributed by atoms with van der Waals surface area (Å²) in [5.41, 5.74) is 2.98. The van der Waals surface area contributed by atoms with E-state index in [9.17, 15) is 9.90 Å². The Morgan fingerprint density at radius 1 is 1.26 bits per heavy atom. The minimum Gasteiger partial charge on any atom is -0.872 e. The van der Waals surface area contributed by atoms with Crippen molar-refractivity contribution in [1.82, 2.24) is 14.7 Å². The monoisotopic (exact) mass is 362 g/mol. The van der Waals surface area contributed by atoms with Crippen molar-refractivity contribution in [2.45, 2.75) is 13.5 Å². The Hall–Kier alpha value is -3.61. The Bertz CT molecular complexity index is 1140. The normalized spacial score (nSPS) is 11.0. The SMILES string of the molecule is COC(=O)Cn1ccc2c(-c3noc(-c4ccc([O-])c(C)c4)n3)cccc21. The van der Waals surface area contributed by atoms with Gasteiger partial charge < -0.3 is 18.9 Å². The van der Waals surface area contributed by atoms with Crippen LogP contribution in [0.1, 0.15) is 5.56 Å². The van der Waals surface area contributed by atoms with Gasteiger partial charge in [-0.1, -0.05) is 35.0 Å². The predicted octanol–water partition coefficient (Wildman–Crippen LogP) is 2.91. The molecule has 0 unspecified atom stereocenters. The highest BCUT2D eigenvalue weighted by molar-refractivity contribution is 5.94. The van der Waals surface area contributed by atoms with Crippen molar-refractivity contribution in [2.75, 3.05) is 7.11 Å². The van der Waals surface area contributed by atoms with Crippen LogP contribution in [0.25, 0.3) is 33.7 Å². The van der Waals surface area contributed by atoms with E-state index in [4.69, 9.17) is 9.26 Å². The largest absolute Gasteiger partial charge is 0.872 e. The van der Waals surface area contributed by atoms with E-state index >= 15 is 0 Å². The first-order valence-corrected chi connectivity index (χ1v) is 8.33. The summed E-state index contributed by atoms with van der Waals surface area (Å²) in [6.07, 6.45) is 1.82. The molecule has 0 atom stereocenters. The molecule has 4 aromatic rings. The quantitative estimate of drug-likeness (QED) is 0.518. The zero-order chi connectivity index (χ0) is 19.0. The zero-order valence-corrected chi connectivity index (χ0v) is 14.8. The molecule has 27 heavy (non-hydrogen) atoms. The van der Waals surface area contributed by atoms with Gasteiger partial charge >= 0.3 is 5.97 Å². The number of carbonyl (C=O) groups excluding carboxylic acids is 1. The van der Waals surface area contributed by atoms with Crippen LogP contribution in [0.15, 0.2) is 53.2 Å². The maximum absolute atomic E-state index is 11.6. The minimum absolute atomic E-state index is 0.0322. The molecule has 2 aromatic carbocycles. The molecule has 4 rings (SSSR count). The van der Waals surface area contributed by atoms with Crippen LogP contribution in [-0.4, -0.2) is 27.8 Å². The average Bonchev–Trinajstić information content (AvgIpc) is 3.31. The minimum atomic E-state index is -0.322. The molecule has 0 aliphatic carbocycles. The van der Waals surface area contributed by atoms with Crippen molar-refractivity contribution in [3.8, 4) is 28.6 Å². The van der Waals surface area contributed by atoms with Crippen LogP contribution in [0.5, 0.6) is 5.75 Å². The van der Waals surface area contributed by atoms with Crippen molar-refractivity contribution in [3.05, 3.63) is 54.2 Å². The van der Waals surface area contributed by atoms with Crippen LogP contribution in [0.4, 0.5) is 0 Å². The number of aryl methyl sites for hydroxylation is 1. The molecule has 0 saturated heterocycles. The lowest BCUT2D eigenvalue weighted by Crippen LogP contribution is -2.10. The lowest BCUT2D eigenvalue weighted by atomic mass is 10.1. The molecule has 0 aliphatic heterocycles. The van der Waals surface area contributed by atoms with E-state index < -0.39 is 0 Å². The lowest BCUT2D eigenvalue weighted by molar-refractivity contribution is -0.269. The Balaban J connectivity index is 1.74. The van der Waals surface area contributed by atoms with E-state index in [2.05, 4.69) is 10.1 Å². The van der Waals surface area contributed by atoms with Crippen LogP contribution < -0.4 is 5.11 Å². The van der Waals surface area contributed by atoms with Crippen molar-refractivity contribution >= 4 is 16.9 Å². The van der Waals surface area contributed by atoms with Gasteiger partial charge in [-0.15, -0.1) is 5.75 Å². The molecule has 7 nitrogen and oxygen atoms in total. The molecule has 7 heteroatoms. The van der Waals surface area contributed by atoms with Gasteiger partial charge in [-0.25, -0.2) is 0 Å². The molecule has 0 fully saturated rings. The van der Waals surface area contributed by atoms with Crippen molar-refractivity contribution in [1.29, 1.82) is 0 Å². The Morgan fingerprint density at radius 3 is 2.89 bits per heavy atom. The number of aromatic nitrogens is 3. The average molecular weight is 362 g/mol. The summed E-state index contributed by atoms with van der Waals surface area (Å²) >= 11 is 0. The second-order valence-electron chi connectivity index (χ2n) is 6.16. The highest BCUT2D eigenvalue weighted by Crippen LogP contribution is 2.30. The van der Waals surface area contributed by atoms with E-state index in [-0.39, 0.29) is 18.3 Å². The Kier molecular flexibility index (Phi) is 4.12. The van der Waals surface area contributed by atoms with Gasteiger partial charge in [-0.3, -0.25) is 4.79 Å². The number of esters is 1. The van der Waals surface area contributed by atoms with Crippen LogP contribution in [0.3, 0.4) is 0 Å². The summed E-state index contributed by atoms with van der Waals surface area (Å²) in [5, 5.41) is 16.6. The summed E-state index contributed by atoms with van der Waals surface area (Å²) < 4.78 is 11.9. The van der Waals surface area contributed by atoms with E-state index in [0.29, 0.717) is 22.8 Å². The fourth-order valence-corrected chi connectivity index (χ4v) is 2.99. The highest BCUT2D eigenvalue weighted by atomic mass is 16.5. The summed E-state index contributed by atoms with van der Waals surface area (Å²) in [4.78, 5) is 16.1. The zero-order valence-electron chi connectivity index (χ0n) is 14.8. The Labute approximate surface area is 154 Å². The molecule has 0 N–H and O–H groups in total. The highest BCUT2D eigenvalue weighted by Gasteiger charge is 2.15. The van der Waals surface area contributed by atoms with Crippen LogP contribution in [0.2, 0.25) is 0 Å². The number of methoxy groups -OCH3 is 1. The molecule has 2 heterocycles. The first-order chi connectivity index (χ1) is 13.1. The predicted molar refractivity (Wildman–Crippen MR) is 96.9 cm³/mol. The molecule has 0 bridgehead atoms. The lowest BCUT2D eigenvalue weighted by Gasteiger charge is -2.09. The molecular formula is C20H16N3O4-. The fraction of sp³-hybridized carbons (Fsp3) is 0.150. The maximum atomic E-state index is 11.6.